The Morgan fingerprint density at radius 2 is 2.17 bits per heavy atom. The number of hydrogen-bond acceptors (Lipinski definition) is 2. The lowest BCUT2D eigenvalue weighted by Crippen LogP contribution is -2.35. The number of thioether (sulfide) groups is 1. The number of nitrogens with zero attached hydrogens (tertiary/aromatic N) is 1. The van der Waals surface area contributed by atoms with E-state index >= 15 is 0 Å². The van der Waals surface area contributed by atoms with E-state index in [-0.39, 0.29) is 5.25 Å². The van der Waals surface area contributed by atoms with Gasteiger partial charge in [0.05, 0.1) is 5.25 Å². The molecule has 1 aromatic carbocycles. The molecule has 1 fully saturated rings. The van der Waals surface area contributed by atoms with Crippen LogP contribution in [0.15, 0.2) is 35.2 Å². The topological polar surface area (TPSA) is 20.3 Å². The summed E-state index contributed by atoms with van der Waals surface area (Å²) in [7, 11) is 0. The molecule has 0 N–H and O–H groups in total. The number of carbonyl (C=O) groups excluding carboxylic acids is 1. The molecule has 0 aromatic heterocycles. The number of likely N-dealkylation sites (tertiary alicyclic amines) is 1. The number of hydrogen-bond donors (Lipinski definition) is 0. The fraction of sp³-hybridized carbons (Fsp3) is 0.533. The van der Waals surface area contributed by atoms with E-state index in [4.69, 9.17) is 0 Å². The highest BCUT2D eigenvalue weighted by Crippen LogP contribution is 2.28. The van der Waals surface area contributed by atoms with E-state index in [1.165, 1.54) is 4.90 Å². The van der Waals surface area contributed by atoms with Gasteiger partial charge in [0, 0.05) is 18.0 Å². The average molecular weight is 263 g/mol. The average Bonchev–Trinajstić information content (AvgIpc) is 2.83. The predicted molar refractivity (Wildman–Crippen MR) is 76.7 cm³/mol. The molecule has 3 heteroatoms. The van der Waals surface area contributed by atoms with Gasteiger partial charge in [-0.2, -0.15) is 0 Å². The predicted octanol–water partition coefficient (Wildman–Crippen LogP) is 3.43. The van der Waals surface area contributed by atoms with Crippen LogP contribution in [0, 0.1) is 5.92 Å². The molecular weight excluding hydrogens is 242 g/mol. The second kappa shape index (κ2) is 6.28. The molecule has 1 aliphatic rings. The van der Waals surface area contributed by atoms with Crippen molar-refractivity contribution in [3.05, 3.63) is 30.3 Å². The van der Waals surface area contributed by atoms with Crippen LogP contribution < -0.4 is 0 Å². The maximum absolute atomic E-state index is 12.4. The zero-order valence-corrected chi connectivity index (χ0v) is 12.0. The fourth-order valence-electron chi connectivity index (χ4n) is 2.31. The summed E-state index contributed by atoms with van der Waals surface area (Å²) in [5, 5.41) is 0.0673. The molecule has 0 saturated carbocycles. The highest BCUT2D eigenvalue weighted by atomic mass is 32.2. The van der Waals surface area contributed by atoms with Crippen molar-refractivity contribution < 1.29 is 4.79 Å². The summed E-state index contributed by atoms with van der Waals surface area (Å²) in [4.78, 5) is 15.7. The van der Waals surface area contributed by atoms with Crippen molar-refractivity contribution in [2.75, 3.05) is 13.1 Å². The SMILES string of the molecule is CCC(Sc1ccccc1)C(=O)N1CCC(C)C1. The minimum atomic E-state index is 0.0673. The minimum Gasteiger partial charge on any atom is -0.341 e. The molecule has 2 atom stereocenters. The lowest BCUT2D eigenvalue weighted by Gasteiger charge is -2.22. The Morgan fingerprint density at radius 3 is 2.72 bits per heavy atom. The Balaban J connectivity index is 1.98. The standard InChI is InChI=1S/C15H21NOS/c1-3-14(18-13-7-5-4-6-8-13)15(17)16-10-9-12(2)11-16/h4-8,12,14H,3,9-11H2,1-2H3. The van der Waals surface area contributed by atoms with Gasteiger partial charge >= 0.3 is 0 Å². The second-order valence-corrected chi connectivity index (χ2v) is 6.28. The molecule has 1 aliphatic heterocycles. The number of carbonyl (C=O) groups is 1. The summed E-state index contributed by atoms with van der Waals surface area (Å²) in [5.74, 6) is 0.976. The van der Waals surface area contributed by atoms with Gasteiger partial charge in [0.15, 0.2) is 0 Å². The third kappa shape index (κ3) is 3.29. The first-order valence-corrected chi connectivity index (χ1v) is 7.59. The Morgan fingerprint density at radius 1 is 1.44 bits per heavy atom. The molecule has 0 radical (unpaired) electrons. The second-order valence-electron chi connectivity index (χ2n) is 5.01. The fourth-order valence-corrected chi connectivity index (χ4v) is 3.37. The minimum absolute atomic E-state index is 0.0673. The molecule has 1 saturated heterocycles. The Labute approximate surface area is 114 Å². The first-order valence-electron chi connectivity index (χ1n) is 6.71. The lowest BCUT2D eigenvalue weighted by molar-refractivity contribution is -0.129. The summed E-state index contributed by atoms with van der Waals surface area (Å²) in [6.07, 6.45) is 2.04. The molecule has 1 aromatic rings. The van der Waals surface area contributed by atoms with Crippen LogP contribution in [0.2, 0.25) is 0 Å². The van der Waals surface area contributed by atoms with Crippen molar-refractivity contribution in [2.45, 2.75) is 36.8 Å². The van der Waals surface area contributed by atoms with E-state index in [1.54, 1.807) is 11.8 Å². The molecule has 2 rings (SSSR count). The van der Waals surface area contributed by atoms with Crippen molar-refractivity contribution >= 4 is 17.7 Å². The van der Waals surface area contributed by atoms with Gasteiger partial charge in [0.2, 0.25) is 5.91 Å². The monoisotopic (exact) mass is 263 g/mol. The van der Waals surface area contributed by atoms with Crippen LogP contribution >= 0.6 is 11.8 Å². The zero-order valence-electron chi connectivity index (χ0n) is 11.1. The number of amides is 1. The van der Waals surface area contributed by atoms with Crippen molar-refractivity contribution in [3.63, 3.8) is 0 Å². The van der Waals surface area contributed by atoms with Crippen LogP contribution in [0.5, 0.6) is 0 Å². The van der Waals surface area contributed by atoms with E-state index < -0.39 is 0 Å². The van der Waals surface area contributed by atoms with Crippen LogP contribution in [-0.2, 0) is 4.79 Å². The molecule has 0 aliphatic carbocycles. The van der Waals surface area contributed by atoms with Crippen LogP contribution in [0.1, 0.15) is 26.7 Å². The largest absolute Gasteiger partial charge is 0.341 e. The van der Waals surface area contributed by atoms with Gasteiger partial charge in [-0.25, -0.2) is 0 Å². The van der Waals surface area contributed by atoms with E-state index in [2.05, 4.69) is 26.0 Å². The molecule has 1 amide bonds. The quantitative estimate of drug-likeness (QED) is 0.776. The number of benzene rings is 1. The van der Waals surface area contributed by atoms with Crippen LogP contribution in [0.3, 0.4) is 0 Å². The van der Waals surface area contributed by atoms with Crippen molar-refractivity contribution in [3.8, 4) is 0 Å². The molecule has 98 valence electrons. The maximum Gasteiger partial charge on any atom is 0.236 e. The van der Waals surface area contributed by atoms with Gasteiger partial charge < -0.3 is 4.90 Å². The maximum atomic E-state index is 12.4. The van der Waals surface area contributed by atoms with Crippen LogP contribution in [-0.4, -0.2) is 29.1 Å². The summed E-state index contributed by atoms with van der Waals surface area (Å²) in [6.45, 7) is 6.19. The molecule has 2 unspecified atom stereocenters. The summed E-state index contributed by atoms with van der Waals surface area (Å²) in [6, 6.07) is 10.2. The summed E-state index contributed by atoms with van der Waals surface area (Å²) < 4.78 is 0. The molecule has 0 bridgehead atoms. The highest BCUT2D eigenvalue weighted by Gasteiger charge is 2.28. The van der Waals surface area contributed by atoms with Gasteiger partial charge in [0.25, 0.3) is 0 Å². The van der Waals surface area contributed by atoms with Gasteiger partial charge in [-0.05, 0) is 30.9 Å². The molecule has 0 spiro atoms. The summed E-state index contributed by atoms with van der Waals surface area (Å²) >= 11 is 1.69. The first kappa shape index (κ1) is 13.5. The van der Waals surface area contributed by atoms with Crippen LogP contribution in [0.25, 0.3) is 0 Å². The highest BCUT2D eigenvalue weighted by molar-refractivity contribution is 8.00. The molecule has 18 heavy (non-hydrogen) atoms. The molecule has 2 nitrogen and oxygen atoms in total. The van der Waals surface area contributed by atoms with Gasteiger partial charge in [-0.15, -0.1) is 11.8 Å². The van der Waals surface area contributed by atoms with Crippen molar-refractivity contribution in [2.24, 2.45) is 5.92 Å². The molecule has 1 heterocycles. The van der Waals surface area contributed by atoms with Gasteiger partial charge in [0.1, 0.15) is 0 Å². The van der Waals surface area contributed by atoms with Gasteiger partial charge in [-0.3, -0.25) is 4.79 Å². The number of rotatable bonds is 4. The van der Waals surface area contributed by atoms with Gasteiger partial charge in [-0.1, -0.05) is 32.0 Å². The van der Waals surface area contributed by atoms with E-state index in [0.717, 1.165) is 25.9 Å². The lowest BCUT2D eigenvalue weighted by atomic mass is 10.2. The normalized spacial score (nSPS) is 21.0. The van der Waals surface area contributed by atoms with E-state index in [0.29, 0.717) is 11.8 Å². The zero-order chi connectivity index (χ0) is 13.0. The molecular formula is C15H21NOS. The smallest absolute Gasteiger partial charge is 0.236 e. The summed E-state index contributed by atoms with van der Waals surface area (Å²) in [5.41, 5.74) is 0. The Hall–Kier alpha value is -0.960. The van der Waals surface area contributed by atoms with Crippen LogP contribution in [0.4, 0.5) is 0 Å². The Kier molecular flexibility index (Phi) is 4.70. The van der Waals surface area contributed by atoms with E-state index in [1.807, 2.05) is 23.1 Å². The third-order valence-electron chi connectivity index (χ3n) is 3.40. The van der Waals surface area contributed by atoms with Crippen molar-refractivity contribution in [1.29, 1.82) is 0 Å². The van der Waals surface area contributed by atoms with Crippen molar-refractivity contribution in [1.82, 2.24) is 4.90 Å². The third-order valence-corrected chi connectivity index (χ3v) is 4.77. The Bertz CT molecular complexity index is 393. The first-order chi connectivity index (χ1) is 8.70. The van der Waals surface area contributed by atoms with E-state index in [9.17, 15) is 4.79 Å².